The van der Waals surface area contributed by atoms with Crippen LogP contribution in [0.1, 0.15) is 25.3 Å². The molecular weight excluding hydrogens is 418 g/mol. The van der Waals surface area contributed by atoms with Gasteiger partial charge in [0.05, 0.1) is 13.0 Å². The number of amides is 2. The molecule has 1 saturated heterocycles. The number of benzene rings is 2. The van der Waals surface area contributed by atoms with E-state index in [4.69, 9.17) is 4.74 Å². The van der Waals surface area contributed by atoms with E-state index in [-0.39, 0.29) is 29.0 Å². The molecule has 0 bridgehead atoms. The summed E-state index contributed by atoms with van der Waals surface area (Å²) in [5.41, 5.74) is 1.92. The van der Waals surface area contributed by atoms with Crippen molar-refractivity contribution in [3.8, 4) is 5.75 Å². The van der Waals surface area contributed by atoms with Gasteiger partial charge in [0.2, 0.25) is 21.8 Å². The van der Waals surface area contributed by atoms with E-state index in [0.29, 0.717) is 30.8 Å². The van der Waals surface area contributed by atoms with Crippen LogP contribution in [0, 0.1) is 12.8 Å². The lowest BCUT2D eigenvalue weighted by atomic mass is 9.98. The summed E-state index contributed by atoms with van der Waals surface area (Å²) in [5, 5.41) is 5.50. The predicted molar refractivity (Wildman–Crippen MR) is 119 cm³/mol. The van der Waals surface area contributed by atoms with E-state index >= 15 is 0 Å². The number of ether oxygens (including phenoxy) is 1. The largest absolute Gasteiger partial charge is 0.495 e. The van der Waals surface area contributed by atoms with Crippen LogP contribution in [0.15, 0.2) is 47.4 Å². The molecule has 0 aromatic heterocycles. The van der Waals surface area contributed by atoms with Gasteiger partial charge in [-0.3, -0.25) is 9.59 Å². The molecule has 2 amide bonds. The molecule has 0 aliphatic carbocycles. The molecule has 1 fully saturated rings. The Morgan fingerprint density at radius 1 is 1.10 bits per heavy atom. The summed E-state index contributed by atoms with van der Waals surface area (Å²) in [7, 11) is -2.37. The number of anilines is 2. The minimum absolute atomic E-state index is 0.0939. The molecule has 2 N–H and O–H groups in total. The van der Waals surface area contributed by atoms with Crippen molar-refractivity contribution in [1.29, 1.82) is 0 Å². The number of nitrogens with one attached hydrogen (secondary N) is 2. The lowest BCUT2D eigenvalue weighted by Crippen LogP contribution is -2.43. The van der Waals surface area contributed by atoms with E-state index in [1.807, 2.05) is 6.92 Å². The fourth-order valence-electron chi connectivity index (χ4n) is 3.62. The lowest BCUT2D eigenvalue weighted by Gasteiger charge is -2.31. The third-order valence-corrected chi connectivity index (χ3v) is 7.03. The van der Waals surface area contributed by atoms with Crippen molar-refractivity contribution in [3.63, 3.8) is 0 Å². The average molecular weight is 446 g/mol. The quantitative estimate of drug-likeness (QED) is 0.711. The maximum Gasteiger partial charge on any atom is 0.246 e. The van der Waals surface area contributed by atoms with E-state index in [2.05, 4.69) is 10.6 Å². The van der Waals surface area contributed by atoms with E-state index in [1.54, 1.807) is 42.5 Å². The van der Waals surface area contributed by atoms with Crippen LogP contribution < -0.4 is 15.4 Å². The normalized spacial score (nSPS) is 17.1. The van der Waals surface area contributed by atoms with Gasteiger partial charge in [-0.1, -0.05) is 12.1 Å². The van der Waals surface area contributed by atoms with Gasteiger partial charge in [0.15, 0.2) is 0 Å². The number of rotatable bonds is 6. The van der Waals surface area contributed by atoms with E-state index < -0.39 is 15.9 Å². The molecule has 1 atom stereocenters. The molecule has 166 valence electrons. The van der Waals surface area contributed by atoms with Gasteiger partial charge < -0.3 is 15.4 Å². The Morgan fingerprint density at radius 3 is 2.48 bits per heavy atom. The smallest absolute Gasteiger partial charge is 0.246 e. The third kappa shape index (κ3) is 5.42. The number of piperidine rings is 1. The second kappa shape index (κ2) is 9.49. The van der Waals surface area contributed by atoms with Gasteiger partial charge in [0.25, 0.3) is 0 Å². The predicted octanol–water partition coefficient (Wildman–Crippen LogP) is 3.00. The molecule has 1 aliphatic rings. The highest BCUT2D eigenvalue weighted by Crippen LogP contribution is 2.31. The van der Waals surface area contributed by atoms with Crippen LogP contribution in [0.3, 0.4) is 0 Å². The first-order valence-electron chi connectivity index (χ1n) is 10.0. The number of carbonyl (C=O) groups is 2. The standard InChI is InChI=1S/C22H27N3O5S/c1-15-9-10-20(30-3)21(12-15)31(28,29)25-11-5-6-17(14-25)22(27)24-19-8-4-7-18(13-19)23-16(2)26/h4,7-10,12-13,17H,5-6,11,14H2,1-3H3,(H,23,26)(H,24,27)/t17-/m1/s1. The maximum atomic E-state index is 13.3. The molecule has 31 heavy (non-hydrogen) atoms. The fraction of sp³-hybridized carbons (Fsp3) is 0.364. The second-order valence-electron chi connectivity index (χ2n) is 7.61. The number of nitrogens with zero attached hydrogens (tertiary/aromatic N) is 1. The zero-order valence-corrected chi connectivity index (χ0v) is 18.7. The summed E-state index contributed by atoms with van der Waals surface area (Å²) in [6.07, 6.45) is 1.17. The summed E-state index contributed by atoms with van der Waals surface area (Å²) in [6, 6.07) is 11.8. The van der Waals surface area contributed by atoms with Crippen LogP contribution >= 0.6 is 0 Å². The molecule has 0 unspecified atom stereocenters. The highest BCUT2D eigenvalue weighted by molar-refractivity contribution is 7.89. The summed E-state index contributed by atoms with van der Waals surface area (Å²) >= 11 is 0. The summed E-state index contributed by atoms with van der Waals surface area (Å²) in [5.74, 6) is -0.657. The molecule has 2 aromatic rings. The highest BCUT2D eigenvalue weighted by atomic mass is 32.2. The Morgan fingerprint density at radius 2 is 1.81 bits per heavy atom. The zero-order chi connectivity index (χ0) is 22.6. The zero-order valence-electron chi connectivity index (χ0n) is 17.8. The maximum absolute atomic E-state index is 13.3. The number of carbonyl (C=O) groups excluding carboxylic acids is 2. The van der Waals surface area contributed by atoms with E-state index in [0.717, 1.165) is 5.56 Å². The Kier molecular flexibility index (Phi) is 6.97. The van der Waals surface area contributed by atoms with Crippen molar-refractivity contribution in [1.82, 2.24) is 4.31 Å². The van der Waals surface area contributed by atoms with Crippen LogP contribution in [0.4, 0.5) is 11.4 Å². The number of hydrogen-bond donors (Lipinski definition) is 2. The molecular formula is C22H27N3O5S. The molecule has 0 radical (unpaired) electrons. The van der Waals surface area contributed by atoms with Crippen molar-refractivity contribution in [2.45, 2.75) is 31.6 Å². The molecule has 1 heterocycles. The molecule has 3 rings (SSSR count). The molecule has 0 saturated carbocycles. The van der Waals surface area contributed by atoms with Crippen molar-refractivity contribution in [3.05, 3.63) is 48.0 Å². The Hall–Kier alpha value is -2.91. The molecule has 2 aromatic carbocycles. The Balaban J connectivity index is 1.75. The van der Waals surface area contributed by atoms with Gasteiger partial charge in [-0.25, -0.2) is 8.42 Å². The summed E-state index contributed by atoms with van der Waals surface area (Å²) in [4.78, 5) is 24.2. The van der Waals surface area contributed by atoms with Crippen molar-refractivity contribution < 1.29 is 22.7 Å². The Labute approximate surface area is 182 Å². The number of aryl methyl sites for hydroxylation is 1. The first-order valence-corrected chi connectivity index (χ1v) is 11.5. The van der Waals surface area contributed by atoms with Gasteiger partial charge in [-0.15, -0.1) is 0 Å². The van der Waals surface area contributed by atoms with Crippen molar-refractivity contribution >= 4 is 33.2 Å². The van der Waals surface area contributed by atoms with Crippen LogP contribution in [0.2, 0.25) is 0 Å². The molecule has 0 spiro atoms. The second-order valence-corrected chi connectivity index (χ2v) is 9.51. The summed E-state index contributed by atoms with van der Waals surface area (Å²) in [6.45, 7) is 3.67. The first kappa shape index (κ1) is 22.8. The summed E-state index contributed by atoms with van der Waals surface area (Å²) < 4.78 is 33.1. The average Bonchev–Trinajstić information content (AvgIpc) is 2.73. The van der Waals surface area contributed by atoms with Crippen LogP contribution in [-0.4, -0.2) is 44.7 Å². The third-order valence-electron chi connectivity index (χ3n) is 5.14. The SMILES string of the molecule is COc1ccc(C)cc1S(=O)(=O)N1CCC[C@@H](C(=O)Nc2cccc(NC(C)=O)c2)C1. The van der Waals surface area contributed by atoms with Gasteiger partial charge in [-0.2, -0.15) is 4.31 Å². The van der Waals surface area contributed by atoms with Gasteiger partial charge in [0, 0.05) is 31.4 Å². The van der Waals surface area contributed by atoms with Crippen molar-refractivity contribution in [2.24, 2.45) is 5.92 Å². The fourth-order valence-corrected chi connectivity index (χ4v) is 5.39. The van der Waals surface area contributed by atoms with Gasteiger partial charge >= 0.3 is 0 Å². The minimum atomic E-state index is -3.81. The number of hydrogen-bond acceptors (Lipinski definition) is 5. The van der Waals surface area contributed by atoms with E-state index in [9.17, 15) is 18.0 Å². The topological polar surface area (TPSA) is 105 Å². The number of methoxy groups -OCH3 is 1. The molecule has 8 nitrogen and oxygen atoms in total. The van der Waals surface area contributed by atoms with Crippen molar-refractivity contribution in [2.75, 3.05) is 30.8 Å². The van der Waals surface area contributed by atoms with Crippen LogP contribution in [0.25, 0.3) is 0 Å². The van der Waals surface area contributed by atoms with Gasteiger partial charge in [-0.05, 0) is 55.7 Å². The van der Waals surface area contributed by atoms with Crippen LogP contribution in [-0.2, 0) is 19.6 Å². The molecule has 1 aliphatic heterocycles. The Bertz CT molecular complexity index is 1080. The lowest BCUT2D eigenvalue weighted by molar-refractivity contribution is -0.121. The van der Waals surface area contributed by atoms with Crippen LogP contribution in [0.5, 0.6) is 5.75 Å². The first-order chi connectivity index (χ1) is 14.7. The number of sulfonamides is 1. The highest BCUT2D eigenvalue weighted by Gasteiger charge is 2.35. The minimum Gasteiger partial charge on any atom is -0.495 e. The molecule has 9 heteroatoms. The van der Waals surface area contributed by atoms with E-state index in [1.165, 1.54) is 18.3 Å². The monoisotopic (exact) mass is 445 g/mol. The van der Waals surface area contributed by atoms with Gasteiger partial charge in [0.1, 0.15) is 10.6 Å².